The molecule has 4 nitrogen and oxygen atoms in total. The largest absolute Gasteiger partial charge is 0.468 e. The zero-order chi connectivity index (χ0) is 10.3. The van der Waals surface area contributed by atoms with E-state index in [4.69, 9.17) is 0 Å². The molecule has 0 saturated heterocycles. The molecule has 0 aliphatic heterocycles. The average Bonchev–Trinajstić information content (AvgIpc) is 2.83. The van der Waals surface area contributed by atoms with Gasteiger partial charge >= 0.3 is 5.97 Å². The van der Waals surface area contributed by atoms with Gasteiger partial charge in [0.2, 0.25) is 0 Å². The fraction of sp³-hybridized carbons (Fsp3) is 0.875. The zero-order valence-electron chi connectivity index (χ0n) is 8.03. The summed E-state index contributed by atoms with van der Waals surface area (Å²) in [6, 6.07) is 0. The van der Waals surface area contributed by atoms with Crippen molar-refractivity contribution in [3.05, 3.63) is 0 Å². The smallest absolute Gasteiger partial charge is 0.327 e. The molecular weight excluding hydrogens is 192 g/mol. The second-order valence-electron chi connectivity index (χ2n) is 3.58. The lowest BCUT2D eigenvalue weighted by atomic mass is 10.4. The predicted octanol–water partition coefficient (Wildman–Crippen LogP) is 0.515. The van der Waals surface area contributed by atoms with Gasteiger partial charge in [0, 0.05) is 0 Å². The van der Waals surface area contributed by atoms with E-state index in [2.05, 4.69) is 4.74 Å². The number of hydrogen-bond acceptors (Lipinski definition) is 4. The van der Waals surface area contributed by atoms with Crippen LogP contribution in [0.2, 0.25) is 0 Å². The number of ether oxygens (including phenoxy) is 1. The third-order valence-electron chi connectivity index (χ3n) is 2.43. The molecule has 1 aliphatic rings. The van der Waals surface area contributed by atoms with Gasteiger partial charge < -0.3 is 4.74 Å². The highest BCUT2D eigenvalue weighted by Gasteiger charge is 2.62. The minimum Gasteiger partial charge on any atom is -0.468 e. The van der Waals surface area contributed by atoms with Crippen LogP contribution >= 0.6 is 0 Å². The third kappa shape index (κ3) is 1.35. The van der Waals surface area contributed by atoms with Gasteiger partial charge in [-0.1, -0.05) is 0 Å². The van der Waals surface area contributed by atoms with Crippen molar-refractivity contribution in [1.82, 2.24) is 0 Å². The first-order valence-corrected chi connectivity index (χ1v) is 5.75. The van der Waals surface area contributed by atoms with Crippen molar-refractivity contribution in [2.75, 3.05) is 7.11 Å². The van der Waals surface area contributed by atoms with Crippen molar-refractivity contribution in [2.45, 2.75) is 36.7 Å². The quantitative estimate of drug-likeness (QED) is 0.631. The summed E-state index contributed by atoms with van der Waals surface area (Å²) in [4.78, 5) is 11.2. The number of carbonyl (C=O) groups is 1. The SMILES string of the molecule is COC(=O)C1(S(=O)(=O)C(C)C)CC1. The van der Waals surface area contributed by atoms with Gasteiger partial charge in [0.05, 0.1) is 12.4 Å². The second kappa shape index (κ2) is 2.97. The molecule has 1 aliphatic carbocycles. The Morgan fingerprint density at radius 1 is 1.38 bits per heavy atom. The van der Waals surface area contributed by atoms with Crippen LogP contribution in [0.15, 0.2) is 0 Å². The highest BCUT2D eigenvalue weighted by Crippen LogP contribution is 2.46. The molecule has 0 atom stereocenters. The minimum atomic E-state index is -3.35. The molecule has 0 spiro atoms. The molecule has 0 heterocycles. The fourth-order valence-electron chi connectivity index (χ4n) is 1.36. The molecule has 1 rings (SSSR count). The Kier molecular flexibility index (Phi) is 2.40. The van der Waals surface area contributed by atoms with Gasteiger partial charge in [-0.25, -0.2) is 8.42 Å². The summed E-state index contributed by atoms with van der Waals surface area (Å²) in [6.45, 7) is 3.16. The summed E-state index contributed by atoms with van der Waals surface area (Å²) in [5.74, 6) is -0.610. The molecule has 0 N–H and O–H groups in total. The van der Waals surface area contributed by atoms with Gasteiger partial charge in [-0.05, 0) is 26.7 Å². The van der Waals surface area contributed by atoms with Crippen LogP contribution in [0.25, 0.3) is 0 Å². The fourth-order valence-corrected chi connectivity index (χ4v) is 3.24. The Bertz CT molecular complexity index is 311. The van der Waals surface area contributed by atoms with Crippen LogP contribution in [0.3, 0.4) is 0 Å². The van der Waals surface area contributed by atoms with E-state index >= 15 is 0 Å². The van der Waals surface area contributed by atoms with E-state index in [0.717, 1.165) is 0 Å². The number of methoxy groups -OCH3 is 1. The topological polar surface area (TPSA) is 60.4 Å². The second-order valence-corrected chi connectivity index (χ2v) is 6.39. The molecule has 0 unspecified atom stereocenters. The standard InChI is InChI=1S/C8H14O4S/c1-6(2)13(10,11)8(4-5-8)7(9)12-3/h6H,4-5H2,1-3H3. The van der Waals surface area contributed by atoms with Crippen LogP contribution < -0.4 is 0 Å². The molecular formula is C8H14O4S. The van der Waals surface area contributed by atoms with Crippen molar-refractivity contribution in [3.8, 4) is 0 Å². The number of hydrogen-bond donors (Lipinski definition) is 0. The molecule has 76 valence electrons. The normalized spacial score (nSPS) is 20.0. The Labute approximate surface area is 78.2 Å². The molecule has 0 aromatic rings. The van der Waals surface area contributed by atoms with Crippen molar-refractivity contribution in [1.29, 1.82) is 0 Å². The van der Waals surface area contributed by atoms with Gasteiger partial charge in [0.1, 0.15) is 0 Å². The average molecular weight is 206 g/mol. The Balaban J connectivity index is 3.02. The van der Waals surface area contributed by atoms with Crippen LogP contribution in [0.1, 0.15) is 26.7 Å². The number of rotatable bonds is 3. The predicted molar refractivity (Wildman–Crippen MR) is 48.0 cm³/mol. The Hall–Kier alpha value is -0.580. The van der Waals surface area contributed by atoms with Crippen LogP contribution in [0.5, 0.6) is 0 Å². The van der Waals surface area contributed by atoms with Crippen molar-refractivity contribution in [3.63, 3.8) is 0 Å². The Morgan fingerprint density at radius 3 is 2.08 bits per heavy atom. The maximum atomic E-state index is 11.7. The summed E-state index contributed by atoms with van der Waals surface area (Å²) < 4.78 is 26.7. The van der Waals surface area contributed by atoms with Crippen LogP contribution in [-0.4, -0.2) is 31.5 Å². The van der Waals surface area contributed by atoms with E-state index in [1.165, 1.54) is 7.11 Å². The van der Waals surface area contributed by atoms with E-state index in [9.17, 15) is 13.2 Å². The maximum absolute atomic E-state index is 11.7. The van der Waals surface area contributed by atoms with Crippen molar-refractivity contribution in [2.24, 2.45) is 0 Å². The molecule has 0 radical (unpaired) electrons. The van der Waals surface area contributed by atoms with Gasteiger partial charge in [0.25, 0.3) is 0 Å². The van der Waals surface area contributed by atoms with Crippen LogP contribution in [0, 0.1) is 0 Å². The molecule has 13 heavy (non-hydrogen) atoms. The summed E-state index contributed by atoms with van der Waals surface area (Å²) in [5, 5.41) is -0.519. The van der Waals surface area contributed by atoms with Crippen molar-refractivity contribution >= 4 is 15.8 Å². The molecule has 5 heteroatoms. The summed E-state index contributed by atoms with van der Waals surface area (Å²) >= 11 is 0. The van der Waals surface area contributed by atoms with Gasteiger partial charge in [-0.3, -0.25) is 4.79 Å². The lowest BCUT2D eigenvalue weighted by Gasteiger charge is -2.16. The molecule has 0 aromatic carbocycles. The maximum Gasteiger partial charge on any atom is 0.327 e. The summed E-state index contributed by atoms with van der Waals surface area (Å²) in [7, 11) is -2.13. The summed E-state index contributed by atoms with van der Waals surface area (Å²) in [6.07, 6.45) is 0.806. The van der Waals surface area contributed by atoms with E-state index in [1.54, 1.807) is 13.8 Å². The van der Waals surface area contributed by atoms with Gasteiger partial charge in [0.15, 0.2) is 14.6 Å². The monoisotopic (exact) mass is 206 g/mol. The van der Waals surface area contributed by atoms with Crippen LogP contribution in [-0.2, 0) is 19.4 Å². The molecule has 1 saturated carbocycles. The first-order valence-electron chi connectivity index (χ1n) is 4.20. The molecule has 1 fully saturated rings. The third-order valence-corrected chi connectivity index (χ3v) is 5.33. The van der Waals surface area contributed by atoms with E-state index in [1.807, 2.05) is 0 Å². The van der Waals surface area contributed by atoms with E-state index in [0.29, 0.717) is 12.8 Å². The lowest BCUT2D eigenvalue weighted by molar-refractivity contribution is -0.141. The lowest BCUT2D eigenvalue weighted by Crippen LogP contribution is -2.38. The van der Waals surface area contributed by atoms with Crippen molar-refractivity contribution < 1.29 is 17.9 Å². The van der Waals surface area contributed by atoms with Gasteiger partial charge in [-0.15, -0.1) is 0 Å². The number of sulfone groups is 1. The van der Waals surface area contributed by atoms with E-state index in [-0.39, 0.29) is 0 Å². The highest BCUT2D eigenvalue weighted by atomic mass is 32.2. The first-order chi connectivity index (χ1) is 5.88. The van der Waals surface area contributed by atoms with Crippen LogP contribution in [0.4, 0.5) is 0 Å². The minimum absolute atomic E-state index is 0.403. The van der Waals surface area contributed by atoms with E-state index < -0.39 is 25.8 Å². The molecule has 0 bridgehead atoms. The summed E-state index contributed by atoms with van der Waals surface area (Å²) in [5.41, 5.74) is 0. The highest BCUT2D eigenvalue weighted by molar-refractivity contribution is 7.94. The molecule has 0 aromatic heterocycles. The first kappa shape index (κ1) is 10.5. The number of carbonyl (C=O) groups excluding carboxylic acids is 1. The molecule has 0 amide bonds. The Morgan fingerprint density at radius 2 is 1.85 bits per heavy atom. The zero-order valence-corrected chi connectivity index (χ0v) is 8.85. The number of esters is 1. The van der Waals surface area contributed by atoms with Gasteiger partial charge in [-0.2, -0.15) is 0 Å².